The molecule has 3 fully saturated rings. The number of carbonyl (C=O) groups excluding carboxylic acids is 1. The van der Waals surface area contributed by atoms with Crippen molar-refractivity contribution in [3.8, 4) is 0 Å². The molecular weight excluding hydrogens is 389 g/mol. The van der Waals surface area contributed by atoms with E-state index in [1.165, 1.54) is 24.9 Å². The lowest BCUT2D eigenvalue weighted by Gasteiger charge is -2.46. The maximum absolute atomic E-state index is 12.4. The highest BCUT2D eigenvalue weighted by molar-refractivity contribution is 5.81. The average molecular weight is 416 g/mol. The van der Waals surface area contributed by atoms with Crippen LogP contribution in [0.15, 0.2) is 12.4 Å². The number of rotatable bonds is 3. The number of halogens is 3. The zero-order chi connectivity index (χ0) is 21.4. The summed E-state index contributed by atoms with van der Waals surface area (Å²) in [4.78, 5) is 26.0. The fourth-order valence-electron chi connectivity index (χ4n) is 4.50. The van der Waals surface area contributed by atoms with Gasteiger partial charge in [0.2, 0.25) is 5.91 Å². The summed E-state index contributed by atoms with van der Waals surface area (Å²) in [6, 6.07) is 0. The maximum Gasteiger partial charge on any atom is 0.490 e. The number of carboxylic acid groups (broad SMARTS) is 1. The van der Waals surface area contributed by atoms with Crippen molar-refractivity contribution in [2.75, 3.05) is 26.7 Å². The predicted octanol–water partition coefficient (Wildman–Crippen LogP) is 2.24. The molecule has 1 atom stereocenters. The number of hydrogen-bond acceptors (Lipinski definition) is 4. The van der Waals surface area contributed by atoms with Crippen LogP contribution >= 0.6 is 0 Å². The average Bonchev–Trinajstić information content (AvgIpc) is 3.31. The molecule has 2 saturated heterocycles. The van der Waals surface area contributed by atoms with Crippen LogP contribution in [0.5, 0.6) is 0 Å². The van der Waals surface area contributed by atoms with Gasteiger partial charge in [-0.25, -0.2) is 4.79 Å². The molecular formula is C19H27F3N4O3. The van der Waals surface area contributed by atoms with Crippen molar-refractivity contribution in [2.24, 2.45) is 13.0 Å². The van der Waals surface area contributed by atoms with Gasteiger partial charge in [0, 0.05) is 52.3 Å². The molecule has 162 valence electrons. The summed E-state index contributed by atoms with van der Waals surface area (Å²) in [5, 5.41) is 11.5. The highest BCUT2D eigenvalue weighted by Crippen LogP contribution is 2.48. The SMILES string of the molecule is CN1C(=O)CC(c2cnn(C)c2)C12CCN(CC1CC1)CC2.O=C(O)C(F)(F)F. The molecule has 1 aromatic rings. The topological polar surface area (TPSA) is 78.7 Å². The summed E-state index contributed by atoms with van der Waals surface area (Å²) >= 11 is 0. The molecule has 0 aromatic carbocycles. The Kier molecular flexibility index (Phi) is 5.93. The van der Waals surface area contributed by atoms with Gasteiger partial charge in [0.1, 0.15) is 0 Å². The summed E-state index contributed by atoms with van der Waals surface area (Å²) < 4.78 is 33.6. The number of aliphatic carboxylic acids is 1. The van der Waals surface area contributed by atoms with Crippen LogP contribution in [0.4, 0.5) is 13.2 Å². The third kappa shape index (κ3) is 4.73. The van der Waals surface area contributed by atoms with Crippen molar-refractivity contribution >= 4 is 11.9 Å². The van der Waals surface area contributed by atoms with E-state index in [1.807, 2.05) is 25.0 Å². The Labute approximate surface area is 167 Å². The molecule has 1 aromatic heterocycles. The Bertz CT molecular complexity index is 752. The third-order valence-electron chi connectivity index (χ3n) is 6.37. The van der Waals surface area contributed by atoms with E-state index >= 15 is 0 Å². The number of amides is 1. The molecule has 2 aliphatic heterocycles. The number of carboxylic acids is 1. The lowest BCUT2D eigenvalue weighted by Crippen LogP contribution is -2.54. The van der Waals surface area contributed by atoms with Crippen molar-refractivity contribution < 1.29 is 27.9 Å². The first kappa shape index (κ1) is 21.6. The highest BCUT2D eigenvalue weighted by Gasteiger charge is 2.53. The van der Waals surface area contributed by atoms with Gasteiger partial charge in [-0.3, -0.25) is 9.48 Å². The molecule has 1 saturated carbocycles. The number of carbonyl (C=O) groups is 2. The summed E-state index contributed by atoms with van der Waals surface area (Å²) in [5.74, 6) is -1.20. The van der Waals surface area contributed by atoms with Crippen LogP contribution in [0.3, 0.4) is 0 Å². The molecule has 7 nitrogen and oxygen atoms in total. The maximum atomic E-state index is 12.4. The quantitative estimate of drug-likeness (QED) is 0.818. The normalized spacial score (nSPS) is 24.5. The second-order valence-corrected chi connectivity index (χ2v) is 8.31. The van der Waals surface area contributed by atoms with Crippen molar-refractivity contribution in [1.29, 1.82) is 0 Å². The molecule has 1 amide bonds. The Morgan fingerprint density at radius 3 is 2.31 bits per heavy atom. The van der Waals surface area contributed by atoms with E-state index in [4.69, 9.17) is 9.90 Å². The Balaban J connectivity index is 0.000000298. The molecule has 1 N–H and O–H groups in total. The van der Waals surface area contributed by atoms with E-state index in [1.54, 1.807) is 0 Å². The second kappa shape index (κ2) is 7.97. The first-order chi connectivity index (χ1) is 13.5. The van der Waals surface area contributed by atoms with Crippen molar-refractivity contribution in [1.82, 2.24) is 19.6 Å². The standard InChI is InChI=1S/C17H26N4O.C2HF3O2/c1-19-12-14(10-18-19)15-9-16(22)20(2)17(15)5-7-21(8-6-17)11-13-3-4-13;3-2(4,5)1(6)7/h10,12-13,15H,3-9,11H2,1-2H3;(H,6,7). The van der Waals surface area contributed by atoms with Crippen molar-refractivity contribution in [3.05, 3.63) is 18.0 Å². The van der Waals surface area contributed by atoms with Gasteiger partial charge >= 0.3 is 12.1 Å². The summed E-state index contributed by atoms with van der Waals surface area (Å²) in [6.45, 7) is 3.53. The van der Waals surface area contributed by atoms with Crippen LogP contribution in [0.2, 0.25) is 0 Å². The first-order valence-electron chi connectivity index (χ1n) is 9.80. The van der Waals surface area contributed by atoms with Gasteiger partial charge < -0.3 is 14.9 Å². The Morgan fingerprint density at radius 1 is 1.28 bits per heavy atom. The van der Waals surface area contributed by atoms with Crippen molar-refractivity contribution in [3.63, 3.8) is 0 Å². The largest absolute Gasteiger partial charge is 0.490 e. The number of hydrogen-bond donors (Lipinski definition) is 1. The van der Waals surface area contributed by atoms with Crippen molar-refractivity contribution in [2.45, 2.75) is 49.7 Å². The van der Waals surface area contributed by atoms with Crippen LogP contribution in [-0.4, -0.2) is 75.0 Å². The molecule has 0 bridgehead atoms. The minimum atomic E-state index is -5.08. The summed E-state index contributed by atoms with van der Waals surface area (Å²) in [7, 11) is 3.96. The van der Waals surface area contributed by atoms with Crippen LogP contribution in [0, 0.1) is 5.92 Å². The molecule has 3 aliphatic rings. The van der Waals surface area contributed by atoms with Gasteiger partial charge in [-0.15, -0.1) is 0 Å². The third-order valence-corrected chi connectivity index (χ3v) is 6.37. The zero-order valence-electron chi connectivity index (χ0n) is 16.7. The lowest BCUT2D eigenvalue weighted by molar-refractivity contribution is -0.192. The molecule has 1 unspecified atom stereocenters. The number of piperidine rings is 1. The molecule has 1 spiro atoms. The van der Waals surface area contributed by atoms with E-state index < -0.39 is 12.1 Å². The van der Waals surface area contributed by atoms with Gasteiger partial charge in [0.15, 0.2) is 0 Å². The van der Waals surface area contributed by atoms with Gasteiger partial charge in [0.25, 0.3) is 0 Å². The Hall–Kier alpha value is -2.10. The Morgan fingerprint density at radius 2 is 1.86 bits per heavy atom. The number of aryl methyl sites for hydroxylation is 1. The molecule has 0 radical (unpaired) electrons. The predicted molar refractivity (Wildman–Crippen MR) is 98.2 cm³/mol. The van der Waals surface area contributed by atoms with E-state index in [2.05, 4.69) is 21.1 Å². The highest BCUT2D eigenvalue weighted by atomic mass is 19.4. The van der Waals surface area contributed by atoms with Crippen LogP contribution in [0.25, 0.3) is 0 Å². The van der Waals surface area contributed by atoms with Gasteiger partial charge in [0.05, 0.1) is 11.7 Å². The fraction of sp³-hybridized carbons (Fsp3) is 0.737. The molecule has 29 heavy (non-hydrogen) atoms. The van der Waals surface area contributed by atoms with E-state index in [-0.39, 0.29) is 5.54 Å². The minimum absolute atomic E-state index is 0.0141. The summed E-state index contributed by atoms with van der Waals surface area (Å²) in [6.07, 6.45) is 4.63. The van der Waals surface area contributed by atoms with E-state index in [0.717, 1.165) is 31.8 Å². The lowest BCUT2D eigenvalue weighted by atomic mass is 9.74. The molecule has 3 heterocycles. The van der Waals surface area contributed by atoms with Gasteiger partial charge in [-0.1, -0.05) is 0 Å². The first-order valence-corrected chi connectivity index (χ1v) is 9.80. The minimum Gasteiger partial charge on any atom is -0.475 e. The summed E-state index contributed by atoms with van der Waals surface area (Å²) in [5.41, 5.74) is 1.25. The number of aromatic nitrogens is 2. The van der Waals surface area contributed by atoms with Gasteiger partial charge in [-0.2, -0.15) is 18.3 Å². The number of likely N-dealkylation sites (N-methyl/N-ethyl adjacent to an activating group) is 1. The zero-order valence-corrected chi connectivity index (χ0v) is 16.7. The molecule has 1 aliphatic carbocycles. The molecule has 4 rings (SSSR count). The smallest absolute Gasteiger partial charge is 0.475 e. The van der Waals surface area contributed by atoms with Crippen LogP contribution in [0.1, 0.15) is 43.6 Å². The fourth-order valence-corrected chi connectivity index (χ4v) is 4.50. The van der Waals surface area contributed by atoms with E-state index in [9.17, 15) is 18.0 Å². The van der Waals surface area contributed by atoms with Crippen LogP contribution < -0.4 is 0 Å². The molecule has 10 heteroatoms. The van der Waals surface area contributed by atoms with Crippen LogP contribution in [-0.2, 0) is 16.6 Å². The van der Waals surface area contributed by atoms with E-state index in [0.29, 0.717) is 18.2 Å². The number of nitrogens with zero attached hydrogens (tertiary/aromatic N) is 4. The number of likely N-dealkylation sites (tertiary alicyclic amines) is 2. The second-order valence-electron chi connectivity index (χ2n) is 8.31. The monoisotopic (exact) mass is 416 g/mol. The number of alkyl halides is 3. The van der Waals surface area contributed by atoms with Gasteiger partial charge in [-0.05, 0) is 37.2 Å².